The average Bonchev–Trinajstić information content (AvgIpc) is 2.65. The summed E-state index contributed by atoms with van der Waals surface area (Å²) in [5.74, 6) is 1.05. The van der Waals surface area contributed by atoms with Gasteiger partial charge in [-0.25, -0.2) is 4.98 Å². The number of fused-ring (bicyclic) bond motifs is 1. The maximum atomic E-state index is 12.1. The number of aromatic nitrogens is 1. The highest BCUT2D eigenvalue weighted by atomic mass is 16.1. The zero-order chi connectivity index (χ0) is 17.6. The van der Waals surface area contributed by atoms with Crippen LogP contribution in [0, 0.1) is 24.2 Å². The van der Waals surface area contributed by atoms with Crippen LogP contribution in [0.5, 0.6) is 0 Å². The van der Waals surface area contributed by atoms with E-state index in [0.29, 0.717) is 24.5 Å². The quantitative estimate of drug-likeness (QED) is 0.823. The normalized spacial score (nSPS) is 14.9. The van der Waals surface area contributed by atoms with Crippen molar-refractivity contribution < 1.29 is 9.78 Å². The highest BCUT2D eigenvalue weighted by Gasteiger charge is 2.20. The van der Waals surface area contributed by atoms with E-state index < -0.39 is 0 Å². The molecule has 0 atom stereocenters. The van der Waals surface area contributed by atoms with Gasteiger partial charge in [0, 0.05) is 11.3 Å². The second-order valence-electron chi connectivity index (χ2n) is 6.81. The summed E-state index contributed by atoms with van der Waals surface area (Å²) in [7, 11) is 0. The van der Waals surface area contributed by atoms with Crippen molar-refractivity contribution in [1.29, 1.82) is 5.26 Å². The largest absolute Gasteiger partial charge is 0.352 e. The first-order chi connectivity index (χ1) is 12.2. The number of rotatable bonds is 5. The summed E-state index contributed by atoms with van der Waals surface area (Å²) in [4.78, 5) is 15.4. The van der Waals surface area contributed by atoms with E-state index in [4.69, 9.17) is 0 Å². The molecule has 0 radical (unpaired) electrons. The van der Waals surface area contributed by atoms with Crippen molar-refractivity contribution in [3.63, 3.8) is 0 Å². The predicted molar refractivity (Wildman–Crippen MR) is 98.0 cm³/mol. The molecule has 1 aliphatic carbocycles. The Kier molecular flexibility index (Phi) is 5.49. The number of benzene rings is 1. The van der Waals surface area contributed by atoms with Gasteiger partial charge >= 0.3 is 0 Å². The minimum absolute atomic E-state index is 0.167. The maximum absolute atomic E-state index is 12.1. The Hall–Kier alpha value is -2.61. The van der Waals surface area contributed by atoms with Gasteiger partial charge in [-0.2, -0.15) is 5.26 Å². The molecule has 3 N–H and O–H groups in total. The van der Waals surface area contributed by atoms with E-state index in [2.05, 4.69) is 27.8 Å². The molecule has 0 spiro atoms. The van der Waals surface area contributed by atoms with Crippen LogP contribution < -0.4 is 15.6 Å². The molecular formula is C20H25N4O+. The zero-order valence-corrected chi connectivity index (χ0v) is 14.7. The molecule has 0 unspecified atom stereocenters. The van der Waals surface area contributed by atoms with Crippen molar-refractivity contribution in [1.82, 2.24) is 5.32 Å². The number of H-pyrrole nitrogens is 1. The molecule has 1 amide bonds. The third kappa shape index (κ3) is 4.27. The molecule has 130 valence electrons. The van der Waals surface area contributed by atoms with Gasteiger partial charge in [0.15, 0.2) is 0 Å². The van der Waals surface area contributed by atoms with Crippen molar-refractivity contribution in [3.8, 4) is 6.07 Å². The number of nitrogens with zero attached hydrogens (tertiary/aromatic N) is 1. The van der Waals surface area contributed by atoms with Crippen LogP contribution >= 0.6 is 0 Å². The molecule has 2 aromatic rings. The number of nitrogens with one attached hydrogen (secondary N) is 3. The third-order valence-corrected chi connectivity index (χ3v) is 4.86. The summed E-state index contributed by atoms with van der Waals surface area (Å²) in [6.07, 6.45) is 5.59. The van der Waals surface area contributed by atoms with Crippen molar-refractivity contribution in [2.75, 3.05) is 18.4 Å². The minimum Gasteiger partial charge on any atom is -0.352 e. The molecule has 5 nitrogen and oxygen atoms in total. The fourth-order valence-electron chi connectivity index (χ4n) is 3.44. The second kappa shape index (κ2) is 7.98. The first-order valence-corrected chi connectivity index (χ1v) is 9.06. The smallest absolute Gasteiger partial charge is 0.290 e. The highest BCUT2D eigenvalue weighted by molar-refractivity contribution is 5.80. The van der Waals surface area contributed by atoms with Crippen LogP contribution in [0.15, 0.2) is 24.3 Å². The van der Waals surface area contributed by atoms with E-state index in [0.717, 1.165) is 36.6 Å². The Morgan fingerprint density at radius 2 is 2.04 bits per heavy atom. The maximum Gasteiger partial charge on any atom is 0.290 e. The standard InChI is InChI=1S/C20H24N4O/c1-14-7-8-16-12-17(13-21)19(24-18(16)11-14)22-9-10-23-20(25)15-5-3-2-4-6-15/h7-8,11-12,15H,2-6,9-10H2,1H3,(H,22,24)(H,23,25)/p+1. The molecule has 1 heterocycles. The molecule has 1 fully saturated rings. The van der Waals surface area contributed by atoms with Gasteiger partial charge in [-0.15, -0.1) is 0 Å². The van der Waals surface area contributed by atoms with Crippen LogP contribution in [0.4, 0.5) is 5.82 Å². The number of nitriles is 1. The summed E-state index contributed by atoms with van der Waals surface area (Å²) < 4.78 is 0. The lowest BCUT2D eigenvalue weighted by Crippen LogP contribution is -2.35. The molecule has 0 bridgehead atoms. The molecule has 1 aromatic carbocycles. The Bertz CT molecular complexity index is 803. The van der Waals surface area contributed by atoms with E-state index in [1.807, 2.05) is 25.1 Å². The van der Waals surface area contributed by atoms with Gasteiger partial charge in [0.2, 0.25) is 5.91 Å². The van der Waals surface area contributed by atoms with E-state index >= 15 is 0 Å². The number of hydrogen-bond acceptors (Lipinski definition) is 3. The van der Waals surface area contributed by atoms with Gasteiger partial charge in [-0.1, -0.05) is 31.4 Å². The number of carbonyl (C=O) groups excluding carboxylic acids is 1. The van der Waals surface area contributed by atoms with E-state index in [1.54, 1.807) is 0 Å². The van der Waals surface area contributed by atoms with Crippen LogP contribution in [0.3, 0.4) is 0 Å². The van der Waals surface area contributed by atoms with Crippen LogP contribution in [0.1, 0.15) is 43.2 Å². The minimum atomic E-state index is 0.167. The zero-order valence-electron chi connectivity index (χ0n) is 14.7. The van der Waals surface area contributed by atoms with Gasteiger partial charge < -0.3 is 5.32 Å². The van der Waals surface area contributed by atoms with Crippen LogP contribution in [-0.2, 0) is 4.79 Å². The van der Waals surface area contributed by atoms with Crippen molar-refractivity contribution in [2.24, 2.45) is 5.92 Å². The summed E-state index contributed by atoms with van der Waals surface area (Å²) in [5, 5.41) is 16.6. The van der Waals surface area contributed by atoms with Crippen LogP contribution in [0.2, 0.25) is 0 Å². The van der Waals surface area contributed by atoms with Gasteiger partial charge in [-0.05, 0) is 37.5 Å². The van der Waals surface area contributed by atoms with Crippen LogP contribution in [0.25, 0.3) is 10.9 Å². The molecule has 0 aliphatic heterocycles. The summed E-state index contributed by atoms with van der Waals surface area (Å²) in [6.45, 7) is 3.18. The Morgan fingerprint density at radius 1 is 1.24 bits per heavy atom. The molecule has 3 rings (SSSR count). The van der Waals surface area contributed by atoms with E-state index in [-0.39, 0.29) is 11.8 Å². The number of anilines is 1. The average molecular weight is 337 g/mol. The number of aryl methyl sites for hydroxylation is 1. The lowest BCUT2D eigenvalue weighted by atomic mass is 9.89. The number of carbonyl (C=O) groups is 1. The van der Waals surface area contributed by atoms with E-state index in [1.165, 1.54) is 12.0 Å². The summed E-state index contributed by atoms with van der Waals surface area (Å²) >= 11 is 0. The van der Waals surface area contributed by atoms with Gasteiger partial charge in [0.25, 0.3) is 5.82 Å². The predicted octanol–water partition coefficient (Wildman–Crippen LogP) is 2.94. The van der Waals surface area contributed by atoms with Crippen molar-refractivity contribution in [2.45, 2.75) is 39.0 Å². The van der Waals surface area contributed by atoms with Crippen LogP contribution in [-0.4, -0.2) is 19.0 Å². The van der Waals surface area contributed by atoms with E-state index in [9.17, 15) is 10.1 Å². The van der Waals surface area contributed by atoms with Gasteiger partial charge in [0.1, 0.15) is 23.7 Å². The number of hydrogen-bond donors (Lipinski definition) is 2. The Morgan fingerprint density at radius 3 is 2.80 bits per heavy atom. The van der Waals surface area contributed by atoms with Gasteiger partial charge in [0.05, 0.1) is 6.54 Å². The van der Waals surface area contributed by atoms with Crippen molar-refractivity contribution >= 4 is 22.6 Å². The summed E-state index contributed by atoms with van der Waals surface area (Å²) in [5.41, 5.74) is 2.74. The Balaban J connectivity index is 1.59. The lowest BCUT2D eigenvalue weighted by Gasteiger charge is -2.20. The fourth-order valence-corrected chi connectivity index (χ4v) is 3.44. The number of amides is 1. The highest BCUT2D eigenvalue weighted by Crippen LogP contribution is 2.23. The molecule has 25 heavy (non-hydrogen) atoms. The topological polar surface area (TPSA) is 79.1 Å². The molecule has 0 saturated heterocycles. The first-order valence-electron chi connectivity index (χ1n) is 9.06. The monoisotopic (exact) mass is 337 g/mol. The first kappa shape index (κ1) is 17.2. The second-order valence-corrected chi connectivity index (χ2v) is 6.81. The molecule has 1 saturated carbocycles. The Labute approximate surface area is 148 Å². The molecule has 5 heteroatoms. The summed E-state index contributed by atoms with van der Waals surface area (Å²) in [6, 6.07) is 10.2. The van der Waals surface area contributed by atoms with Crippen molar-refractivity contribution in [3.05, 3.63) is 35.4 Å². The van der Waals surface area contributed by atoms with Gasteiger partial charge in [-0.3, -0.25) is 10.1 Å². The molecular weight excluding hydrogens is 312 g/mol. The SMILES string of the molecule is Cc1ccc2cc(C#N)c(NCCNC(=O)C3CCCCC3)[nH+]c2c1. The number of pyridine rings is 1. The fraction of sp³-hybridized carbons (Fsp3) is 0.450. The molecule has 1 aromatic heterocycles. The molecule has 1 aliphatic rings. The lowest BCUT2D eigenvalue weighted by molar-refractivity contribution is -0.327. The number of aromatic amines is 1. The third-order valence-electron chi connectivity index (χ3n) is 4.86.